The van der Waals surface area contributed by atoms with E-state index in [4.69, 9.17) is 28.4 Å². The molecule has 6 aliphatic heterocycles. The molecule has 798 valence electrons. The topological polar surface area (TPSA) is 329 Å². The fourth-order valence-electron chi connectivity index (χ4n) is 25.4. The van der Waals surface area contributed by atoms with Crippen molar-refractivity contribution >= 4 is 93.0 Å². The van der Waals surface area contributed by atoms with E-state index in [1.165, 1.54) is 67.6 Å². The number of nitrogens with one attached hydrogen (secondary N) is 1. The first kappa shape index (κ1) is 107. The first-order valence-electron chi connectivity index (χ1n) is 54.3. The first-order valence-corrected chi connectivity index (χ1v) is 60.5. The van der Waals surface area contributed by atoms with Crippen LogP contribution in [0.4, 0.5) is 17.1 Å². The van der Waals surface area contributed by atoms with Crippen LogP contribution in [0, 0.1) is 70.1 Å². The van der Waals surface area contributed by atoms with E-state index < -0.39 is 53.0 Å². The van der Waals surface area contributed by atoms with Crippen molar-refractivity contribution in [2.45, 2.75) is 243 Å². The van der Waals surface area contributed by atoms with Gasteiger partial charge in [-0.1, -0.05) is 108 Å². The predicted molar refractivity (Wildman–Crippen MR) is 590 cm³/mol. The summed E-state index contributed by atoms with van der Waals surface area (Å²) < 4.78 is 100. The normalized spacial score (nSPS) is 28.7. The zero-order valence-electron chi connectivity index (χ0n) is 88.7. The van der Waals surface area contributed by atoms with E-state index in [-0.39, 0.29) is 93.3 Å². The van der Waals surface area contributed by atoms with Crippen LogP contribution in [0.2, 0.25) is 0 Å². The number of anilines is 3. The average Bonchev–Trinajstić information content (AvgIpc) is 1.41. The fourth-order valence-corrected chi connectivity index (χ4v) is 31.6. The van der Waals surface area contributed by atoms with E-state index in [0.717, 1.165) is 191 Å². The van der Waals surface area contributed by atoms with E-state index in [0.29, 0.717) is 130 Å². The molecule has 28 nitrogen and oxygen atoms in total. The summed E-state index contributed by atoms with van der Waals surface area (Å²) in [5.41, 5.74) is 17.5. The van der Waals surface area contributed by atoms with Gasteiger partial charge < -0.3 is 43.1 Å². The van der Waals surface area contributed by atoms with Crippen molar-refractivity contribution < 1.29 is 69.8 Å². The van der Waals surface area contributed by atoms with Gasteiger partial charge in [-0.3, -0.25) is 42.9 Å². The highest BCUT2D eigenvalue weighted by atomic mass is 32.2. The molecule has 6 bridgehead atoms. The molecule has 21 rings (SSSR count). The van der Waals surface area contributed by atoms with Gasteiger partial charge in [0.25, 0.3) is 23.6 Å². The second-order valence-corrected chi connectivity index (χ2v) is 52.4. The van der Waals surface area contributed by atoms with Crippen molar-refractivity contribution in [2.24, 2.45) is 55.6 Å². The predicted octanol–water partition coefficient (Wildman–Crippen LogP) is 19.6. The summed E-state index contributed by atoms with van der Waals surface area (Å²) in [6.07, 6.45) is 38.6. The summed E-state index contributed by atoms with van der Waals surface area (Å²) in [5.74, 6) is 1.87. The largest absolute Gasteiger partial charge is 0.490 e. The molecule has 9 heterocycles. The maximum Gasteiger partial charge on any atom is 0.286 e. The van der Waals surface area contributed by atoms with Crippen LogP contribution in [0.5, 0.6) is 17.2 Å². The molecule has 9 aromatic rings. The number of fused-ring (bicyclic) bond motifs is 12. The van der Waals surface area contributed by atoms with Crippen molar-refractivity contribution in [3.05, 3.63) is 258 Å². The van der Waals surface area contributed by atoms with Crippen LogP contribution in [-0.4, -0.2) is 205 Å². The Morgan fingerprint density at radius 1 is 0.480 bits per heavy atom. The number of nitrogens with zero attached hydrogens (tertiary/aromatic N) is 12. The van der Waals surface area contributed by atoms with Gasteiger partial charge in [0, 0.05) is 150 Å². The van der Waals surface area contributed by atoms with Crippen molar-refractivity contribution in [1.29, 1.82) is 0 Å². The number of benzene rings is 6. The minimum Gasteiger partial charge on any atom is -0.490 e. The van der Waals surface area contributed by atoms with Crippen molar-refractivity contribution in [2.75, 3.05) is 124 Å². The molecule has 6 aromatic carbocycles. The third kappa shape index (κ3) is 24.1. The number of ether oxygens (including phenoxy) is 6. The molecule has 3 fully saturated rings. The molecule has 3 aromatic heterocycles. The lowest BCUT2D eigenvalue weighted by Crippen LogP contribution is -2.49. The summed E-state index contributed by atoms with van der Waals surface area (Å²) in [4.78, 5) is 88.7. The molecule has 4 amide bonds. The van der Waals surface area contributed by atoms with E-state index in [1.807, 2.05) is 64.2 Å². The Morgan fingerprint density at radius 3 is 1.25 bits per heavy atom. The van der Waals surface area contributed by atoms with Crippen LogP contribution in [0.1, 0.15) is 248 Å². The van der Waals surface area contributed by atoms with E-state index >= 15 is 0 Å². The Hall–Kier alpha value is -11.1. The molecule has 0 saturated heterocycles. The number of ketones is 2. The summed E-state index contributed by atoms with van der Waals surface area (Å²) in [6, 6.07) is 36.9. The molecule has 32 heteroatoms. The van der Waals surface area contributed by atoms with E-state index in [9.17, 15) is 41.4 Å². The standard InChI is InChI=1S/C41H52N4O5S.C39H48N4O5S2.C38H47N5O5S/c1-28-11-16-35-30(21-28)9-8-19-41(35)26-45-24-32-12-15-34(32)38(49-4)10-6-5-7-20-51(48,25-33(46)14-17-36-29(2)23-42-44(36)3)43-40(47)31-13-18-39(50-27-41)37(45)22-31;1-26-10-15-33-28(20-26)8-7-18-39(33)24-43-22-30-11-14-32(30)35(47-3)9-5-4-6-19-50(46,23-31(44)13-17-37-41-40-27(2)49-37)42-38(45)29-12-16-36(48-25-39)34(43)21-29;1-4-43-23-30(21-39-43)37(45)41-49(46)18-7-5-6-10-34(47-3)31-14-12-29(31)22-42-24-38(17-8-9-27-19-26(2)11-15-32(27)38)25-48-35-16-13-28(20-33(35)42)36(44)40-49/h6,10-11,13,16,18,21-23,32,34,38H,5,7-9,12,14-15,17,19-20,24-27H2,1-4H3;5,9-10,12,15-16,20-21,30,32,35H,4,6-8,11,13-14,17-19,22-25H2,1-3H3;6,10-11,13,15-16,19-21,23,29,31,34H,4-5,7-9,12,14,17-18,22,24-25H2,1-3H3,(H,40,41,44,45,46)/b10-6+;9-5+;10-6+/t32-,34+,38-,41-,51+;30-,32+,35-,39-,50+;29-,31+,34-,38-,49?/m000/s1. The van der Waals surface area contributed by atoms with Gasteiger partial charge in [-0.25, -0.2) is 12.6 Å². The highest BCUT2D eigenvalue weighted by molar-refractivity contribution is 7.95. The molecule has 0 radical (unpaired) electrons. The number of hydrogen-bond donors (Lipinski definition) is 1. The van der Waals surface area contributed by atoms with Gasteiger partial charge >= 0.3 is 0 Å². The Labute approximate surface area is 888 Å². The minimum absolute atomic E-state index is 0.00862. The number of hydrogen-bond acceptors (Lipinski definition) is 23. The number of methoxy groups -OCH3 is 3. The molecule has 150 heavy (non-hydrogen) atoms. The summed E-state index contributed by atoms with van der Waals surface area (Å²) in [7, 11) is -2.58. The second kappa shape index (κ2) is 46.4. The van der Waals surface area contributed by atoms with Crippen LogP contribution in [0.3, 0.4) is 0 Å². The molecule has 3 saturated carbocycles. The maximum atomic E-state index is 14.4. The Kier molecular flexibility index (Phi) is 33.2. The number of aryl methyl sites for hydroxylation is 11. The lowest BCUT2D eigenvalue weighted by atomic mass is 9.68. The number of Topliss-reactive ketones (excluding diaryl/α,β-unsaturated/α-hetero) is 2. The number of amides is 4. The number of aromatic nitrogens is 6. The van der Waals surface area contributed by atoms with Gasteiger partial charge in [0.15, 0.2) is 0 Å². The minimum atomic E-state index is -3.46. The zero-order chi connectivity index (χ0) is 105. The first-order chi connectivity index (χ1) is 72.4. The van der Waals surface area contributed by atoms with Crippen LogP contribution >= 0.6 is 11.3 Å². The Morgan fingerprint density at radius 2 is 0.887 bits per heavy atom. The second-order valence-electron chi connectivity index (χ2n) is 44.2. The average molecular weight is 2120 g/mol. The number of allylic oxidation sites excluding steroid dienone is 3. The molecule has 1 N–H and O–H groups in total. The van der Waals surface area contributed by atoms with Crippen LogP contribution in [-0.2, 0) is 115 Å². The summed E-state index contributed by atoms with van der Waals surface area (Å²) >= 11 is 1.45. The van der Waals surface area contributed by atoms with Gasteiger partial charge in [-0.15, -0.1) is 25.9 Å². The summed E-state index contributed by atoms with van der Waals surface area (Å²) in [5, 5.41) is 18.2. The van der Waals surface area contributed by atoms with Gasteiger partial charge in [0.05, 0.1) is 110 Å². The van der Waals surface area contributed by atoms with Gasteiger partial charge in [0.1, 0.15) is 48.7 Å². The molecule has 15 atom stereocenters. The number of carbonyl (C=O) groups is 6. The molecule has 3 spiro atoms. The summed E-state index contributed by atoms with van der Waals surface area (Å²) in [6.45, 7) is 19.3. The monoisotopic (exact) mass is 2110 g/mol. The third-order valence-corrected chi connectivity index (χ3v) is 40.9. The number of rotatable bonds is 16. The van der Waals surface area contributed by atoms with Crippen molar-refractivity contribution in [3.8, 4) is 17.2 Å². The van der Waals surface area contributed by atoms with Crippen molar-refractivity contribution in [3.63, 3.8) is 0 Å². The molecule has 1 unspecified atom stereocenters. The van der Waals surface area contributed by atoms with E-state index in [2.05, 4.69) is 165 Å². The lowest BCUT2D eigenvalue weighted by molar-refractivity contribution is -0.117. The van der Waals surface area contributed by atoms with Crippen LogP contribution in [0.25, 0.3) is 0 Å². The Bertz CT molecular complexity index is 7050. The van der Waals surface area contributed by atoms with Gasteiger partial charge in [0.2, 0.25) is 0 Å². The van der Waals surface area contributed by atoms with Crippen molar-refractivity contribution in [1.82, 2.24) is 34.5 Å². The third-order valence-electron chi connectivity index (χ3n) is 33.8. The number of carbonyl (C=O) groups excluding carboxylic acids is 6. The Balaban J connectivity index is 0.000000141. The molecule has 12 aliphatic rings. The quantitative estimate of drug-likeness (QED) is 0.0878. The van der Waals surface area contributed by atoms with Gasteiger partial charge in [-0.05, 0) is 312 Å². The van der Waals surface area contributed by atoms with Gasteiger partial charge in [-0.2, -0.15) is 18.9 Å². The molecule has 6 aliphatic carbocycles. The molecular weight excluding hydrogens is 1970 g/mol. The lowest BCUT2D eigenvalue weighted by Gasteiger charge is -2.46. The van der Waals surface area contributed by atoms with Crippen LogP contribution in [0.15, 0.2) is 177 Å². The smallest absolute Gasteiger partial charge is 0.286 e. The SMILES string of the molecule is CCn1cc(C(=O)NS2(=O)=NC(=O)c3ccc4c(c3)N(C[C@@H]3CC[C@H]3[C@@H](OC)/C=C/CCC2)C[C@@]2(CCCc3cc(C)ccc32)CO4)cn1.CO[C@H]1/C=C/CCC[S@@](=O)(CC(=O)CCc2c(C)cnn2C)=NC(=O)c2ccc3c(c2)N(C[C@@H]2CC[C@H]21)C[C@@]1(CCCc2cc(C)ccc21)CO3.CO[C@H]1/C=C/CCC[S@@](=O)(CC(=O)CCc2nnc(C)s2)=NC(=O)c2ccc3c(c2)N(C[C@@H]2CC[C@H]21)C[C@@]1(CCCc2cc(C)ccc21)CO3. The highest BCUT2D eigenvalue weighted by Gasteiger charge is 2.50. The van der Waals surface area contributed by atoms with Crippen LogP contribution < -0.4 is 33.6 Å². The molecular formula is C118H147N13O15S4. The fraction of sp³-hybridized carbons (Fsp3) is 0.525. The highest BCUT2D eigenvalue weighted by Crippen LogP contribution is 2.53. The van der Waals surface area contributed by atoms with E-state index in [1.54, 1.807) is 61.3 Å². The zero-order valence-corrected chi connectivity index (χ0v) is 92.0. The maximum absolute atomic E-state index is 14.4.